The Kier molecular flexibility index (Phi) is 9.90. The van der Waals surface area contributed by atoms with Gasteiger partial charge in [-0.15, -0.1) is 0 Å². The van der Waals surface area contributed by atoms with Gasteiger partial charge in [0.2, 0.25) is 5.71 Å². The van der Waals surface area contributed by atoms with E-state index in [1.807, 2.05) is 54.6 Å². The van der Waals surface area contributed by atoms with Crippen molar-refractivity contribution >= 4 is 44.1 Å². The van der Waals surface area contributed by atoms with Crippen molar-refractivity contribution in [3.8, 4) is 11.8 Å². The molecule has 0 aliphatic heterocycles. The molecule has 5 aromatic rings. The number of nitriles is 1. The van der Waals surface area contributed by atoms with E-state index in [-0.39, 0.29) is 17.2 Å². The highest BCUT2D eigenvalue weighted by molar-refractivity contribution is 6.26. The van der Waals surface area contributed by atoms with Crippen molar-refractivity contribution in [1.29, 1.82) is 5.26 Å². The number of hydrogen-bond donors (Lipinski definition) is 2. The fourth-order valence-corrected chi connectivity index (χ4v) is 8.54. The predicted octanol–water partition coefficient (Wildman–Crippen LogP) is 10.8. The van der Waals surface area contributed by atoms with Gasteiger partial charge in [0, 0.05) is 69.9 Å². The standard InChI is InChI=1S/C47H44N4O2/c1-6-25-50(26-7-2)45-33-20-13-10-17-30(33)39(31-18-11-14-21-34(31)45)43-42(37(29-48)49-5)44(47(43)53)41-32-19-12-15-22-35(32)46(51(27-8-3)28-9-4)36-23-16-24-38(52)40(36)41/h10-24H,6-9,25-28H2,1-4H3,(H-,52,53)/p+1/b42-37+. The van der Waals surface area contributed by atoms with Gasteiger partial charge in [-0.1, -0.05) is 100 Å². The fourth-order valence-electron chi connectivity index (χ4n) is 8.54. The first-order valence-electron chi connectivity index (χ1n) is 18.9. The Balaban J connectivity index is 1.64. The van der Waals surface area contributed by atoms with Crippen LogP contribution in [0.5, 0.6) is 5.75 Å². The Labute approximate surface area is 312 Å². The van der Waals surface area contributed by atoms with E-state index in [0.29, 0.717) is 27.7 Å². The number of aliphatic hydroxyl groups excluding tert-OH is 1. The summed E-state index contributed by atoms with van der Waals surface area (Å²) in [6.45, 7) is 20.5. The molecule has 0 heterocycles. The zero-order valence-electron chi connectivity index (χ0n) is 31.0. The minimum Gasteiger partial charge on any atom is -0.507 e. The molecule has 0 radical (unpaired) electrons. The highest BCUT2D eigenvalue weighted by Gasteiger charge is 2.42. The third kappa shape index (κ3) is 5.67. The first kappa shape index (κ1) is 35.3. The summed E-state index contributed by atoms with van der Waals surface area (Å²) in [6.07, 6.45) is 3.92. The average Bonchev–Trinajstić information content (AvgIpc) is 3.18. The van der Waals surface area contributed by atoms with Gasteiger partial charge < -0.3 is 15.1 Å². The fraction of sp³-hybridized carbons (Fsp3) is 0.255. The molecule has 53 heavy (non-hydrogen) atoms. The lowest BCUT2D eigenvalue weighted by Gasteiger charge is -2.35. The van der Waals surface area contributed by atoms with Gasteiger partial charge in [0.25, 0.3) is 5.70 Å². The smallest absolute Gasteiger partial charge is 0.270 e. The topological polar surface area (TPSA) is 74.9 Å². The summed E-state index contributed by atoms with van der Waals surface area (Å²) in [6, 6.07) is 32.4. The normalized spacial score (nSPS) is 14.4. The van der Waals surface area contributed by atoms with Gasteiger partial charge in [-0.25, -0.2) is 14.7 Å². The Morgan fingerprint density at radius 1 is 0.679 bits per heavy atom. The molecule has 2 aliphatic rings. The van der Waals surface area contributed by atoms with Crippen LogP contribution in [0.25, 0.3) is 37.5 Å². The largest absolute Gasteiger partial charge is 0.507 e. The first-order chi connectivity index (χ1) is 25.9. The minimum absolute atomic E-state index is 0.0138. The van der Waals surface area contributed by atoms with E-state index in [2.05, 4.69) is 78.4 Å². The van der Waals surface area contributed by atoms with E-state index in [1.54, 1.807) is 6.07 Å². The summed E-state index contributed by atoms with van der Waals surface area (Å²) in [5.74, 6) is 0.0962. The van der Waals surface area contributed by atoms with Gasteiger partial charge in [0.1, 0.15) is 24.6 Å². The molecular weight excluding hydrogens is 653 g/mol. The quantitative estimate of drug-likeness (QED) is 0.0647. The van der Waals surface area contributed by atoms with Gasteiger partial charge in [-0.2, -0.15) is 0 Å². The molecule has 0 unspecified atom stereocenters. The van der Waals surface area contributed by atoms with Crippen LogP contribution in [-0.4, -0.2) is 46.7 Å². The Bertz CT molecular complexity index is 2420. The van der Waals surface area contributed by atoms with Crippen LogP contribution < -0.4 is 4.90 Å². The summed E-state index contributed by atoms with van der Waals surface area (Å²) in [5.41, 5.74) is 8.83. The molecule has 0 atom stereocenters. The van der Waals surface area contributed by atoms with Gasteiger partial charge in [-0.05, 0) is 47.6 Å². The van der Waals surface area contributed by atoms with Gasteiger partial charge in [0.05, 0.1) is 29.5 Å². The third-order valence-corrected chi connectivity index (χ3v) is 10.4. The first-order valence-corrected chi connectivity index (χ1v) is 18.9. The minimum atomic E-state index is -0.0982. The second-order valence-corrected chi connectivity index (χ2v) is 13.8. The summed E-state index contributed by atoms with van der Waals surface area (Å²) in [5, 5.41) is 38.2. The molecule has 2 aliphatic carbocycles. The van der Waals surface area contributed by atoms with E-state index in [4.69, 9.17) is 6.57 Å². The third-order valence-electron chi connectivity index (χ3n) is 10.4. The number of aliphatic hydroxyl groups is 1. The van der Waals surface area contributed by atoms with Crippen molar-refractivity contribution in [2.75, 3.05) is 31.1 Å². The number of phenolic OH excluding ortho intramolecular Hbond substituents is 1. The van der Waals surface area contributed by atoms with E-state index < -0.39 is 0 Å². The number of aromatic hydroxyl groups is 1. The SMILES string of the molecule is [C-]#[N+]/C(C#N)=C1\C(=C2c3ccccc3C(=[N+](CCC)CCC)c3ccccc32)C(O)=C1c1c2ccccc2c(N(CCC)CCC)c2cccc(O)c12. The molecule has 0 spiro atoms. The summed E-state index contributed by atoms with van der Waals surface area (Å²) in [4.78, 5) is 6.16. The molecule has 7 rings (SSSR count). The number of rotatable bonds is 10. The van der Waals surface area contributed by atoms with Crippen LogP contribution in [0.3, 0.4) is 0 Å². The van der Waals surface area contributed by atoms with Crippen LogP contribution in [0.15, 0.2) is 114 Å². The lowest BCUT2D eigenvalue weighted by Crippen LogP contribution is -2.30. The molecule has 6 nitrogen and oxygen atoms in total. The van der Waals surface area contributed by atoms with Crippen molar-refractivity contribution in [2.45, 2.75) is 53.4 Å². The van der Waals surface area contributed by atoms with Crippen molar-refractivity contribution in [1.82, 2.24) is 0 Å². The maximum atomic E-state index is 12.6. The zero-order valence-corrected chi connectivity index (χ0v) is 31.0. The summed E-state index contributed by atoms with van der Waals surface area (Å²) in [7, 11) is 0. The van der Waals surface area contributed by atoms with Crippen molar-refractivity contribution < 1.29 is 14.8 Å². The number of fused-ring (bicyclic) bond motifs is 4. The number of allylic oxidation sites excluding steroid dienone is 3. The van der Waals surface area contributed by atoms with Crippen LogP contribution in [0.2, 0.25) is 0 Å². The highest BCUT2D eigenvalue weighted by Crippen LogP contribution is 2.57. The van der Waals surface area contributed by atoms with Gasteiger partial charge in [-0.3, -0.25) is 0 Å². The lowest BCUT2D eigenvalue weighted by atomic mass is 9.69. The van der Waals surface area contributed by atoms with Gasteiger partial charge in [0.15, 0.2) is 0 Å². The Morgan fingerprint density at radius 2 is 1.23 bits per heavy atom. The van der Waals surface area contributed by atoms with Crippen LogP contribution in [0.4, 0.5) is 5.69 Å². The molecule has 6 heteroatoms. The maximum Gasteiger partial charge on any atom is 0.270 e. The molecule has 5 aromatic carbocycles. The molecule has 0 saturated heterocycles. The second kappa shape index (κ2) is 14.9. The number of nitrogens with zero attached hydrogens (tertiary/aromatic N) is 4. The van der Waals surface area contributed by atoms with Crippen molar-refractivity contribution in [3.05, 3.63) is 153 Å². The zero-order chi connectivity index (χ0) is 37.2. The van der Waals surface area contributed by atoms with Crippen LogP contribution in [-0.2, 0) is 0 Å². The molecular formula is C47H45N4O2+. The average molecular weight is 698 g/mol. The highest BCUT2D eigenvalue weighted by atomic mass is 16.3. The van der Waals surface area contributed by atoms with Crippen molar-refractivity contribution in [3.63, 3.8) is 0 Å². The van der Waals surface area contributed by atoms with E-state index in [1.165, 1.54) is 0 Å². The van der Waals surface area contributed by atoms with E-state index in [0.717, 1.165) is 107 Å². The number of hydrogen-bond acceptors (Lipinski definition) is 4. The molecule has 264 valence electrons. The molecule has 0 saturated carbocycles. The Morgan fingerprint density at radius 3 is 1.77 bits per heavy atom. The van der Waals surface area contributed by atoms with Crippen molar-refractivity contribution in [2.24, 2.45) is 0 Å². The molecule has 0 aromatic heterocycles. The number of anilines is 1. The maximum absolute atomic E-state index is 12.6. The molecule has 0 fully saturated rings. The van der Waals surface area contributed by atoms with Crippen LogP contribution in [0, 0.1) is 17.9 Å². The van der Waals surface area contributed by atoms with E-state index in [9.17, 15) is 15.5 Å². The lowest BCUT2D eigenvalue weighted by molar-refractivity contribution is -0.527. The molecule has 2 N–H and O–H groups in total. The molecule has 0 amide bonds. The number of benzene rings is 5. The summed E-state index contributed by atoms with van der Waals surface area (Å²) < 4.78 is 2.46. The molecule has 0 bridgehead atoms. The van der Waals surface area contributed by atoms with Crippen LogP contribution >= 0.6 is 0 Å². The van der Waals surface area contributed by atoms with Crippen LogP contribution in [0.1, 0.15) is 81.2 Å². The van der Waals surface area contributed by atoms with Gasteiger partial charge >= 0.3 is 0 Å². The Hall–Kier alpha value is -6.11. The predicted molar refractivity (Wildman–Crippen MR) is 217 cm³/mol. The van der Waals surface area contributed by atoms with E-state index >= 15 is 0 Å². The number of phenols is 1. The second-order valence-electron chi connectivity index (χ2n) is 13.8. The monoisotopic (exact) mass is 697 g/mol. The summed E-state index contributed by atoms with van der Waals surface area (Å²) >= 11 is 0.